The van der Waals surface area contributed by atoms with Crippen LogP contribution in [0.3, 0.4) is 0 Å². The Morgan fingerprint density at radius 2 is 1.68 bits per heavy atom. The standard InChI is InChI=1S/C22H28O6/c1-4-5-18-12-17(7-9-21(18)27-14-25-2)20-11-16(10-19(24)13-23)6-8-22(20)28-15-26-3/h4,6-9,11-12,19,23-24H,1,5,10,13-15H2,2-3H3. The van der Waals surface area contributed by atoms with E-state index >= 15 is 0 Å². The fraction of sp³-hybridized carbons (Fsp3) is 0.364. The third kappa shape index (κ3) is 6.07. The van der Waals surface area contributed by atoms with E-state index < -0.39 is 6.10 Å². The largest absolute Gasteiger partial charge is 0.467 e. The van der Waals surface area contributed by atoms with Crippen molar-refractivity contribution in [2.45, 2.75) is 18.9 Å². The summed E-state index contributed by atoms with van der Waals surface area (Å²) in [6, 6.07) is 11.5. The molecule has 2 N–H and O–H groups in total. The summed E-state index contributed by atoms with van der Waals surface area (Å²) in [5.41, 5.74) is 3.67. The lowest BCUT2D eigenvalue weighted by Gasteiger charge is -2.16. The molecule has 0 amide bonds. The third-order valence-electron chi connectivity index (χ3n) is 4.13. The molecule has 0 aliphatic heterocycles. The minimum absolute atomic E-state index is 0.125. The van der Waals surface area contributed by atoms with Gasteiger partial charge < -0.3 is 29.2 Å². The van der Waals surface area contributed by atoms with Crippen LogP contribution >= 0.6 is 0 Å². The Bertz CT molecular complexity index is 759. The molecule has 1 unspecified atom stereocenters. The second-order valence-electron chi connectivity index (χ2n) is 6.29. The molecule has 0 fully saturated rings. The number of ether oxygens (including phenoxy) is 4. The van der Waals surface area contributed by atoms with Crippen molar-refractivity contribution in [3.05, 3.63) is 60.2 Å². The van der Waals surface area contributed by atoms with Crippen LogP contribution in [0, 0.1) is 0 Å². The Morgan fingerprint density at radius 3 is 2.32 bits per heavy atom. The van der Waals surface area contributed by atoms with E-state index in [0.29, 0.717) is 18.6 Å². The second-order valence-corrected chi connectivity index (χ2v) is 6.29. The SMILES string of the molecule is C=CCc1cc(-c2cc(CC(O)CO)ccc2OCOC)ccc1OCOC. The minimum atomic E-state index is -0.806. The lowest BCUT2D eigenvalue weighted by molar-refractivity contribution is 0.0504. The molecule has 6 nitrogen and oxygen atoms in total. The smallest absolute Gasteiger partial charge is 0.188 e. The van der Waals surface area contributed by atoms with Crippen molar-refractivity contribution >= 4 is 0 Å². The highest BCUT2D eigenvalue weighted by Crippen LogP contribution is 2.34. The number of hydrogen-bond donors (Lipinski definition) is 2. The van der Waals surface area contributed by atoms with Crippen molar-refractivity contribution < 1.29 is 29.2 Å². The molecule has 6 heteroatoms. The average molecular weight is 388 g/mol. The summed E-state index contributed by atoms with van der Waals surface area (Å²) in [5, 5.41) is 18.9. The first kappa shape index (κ1) is 21.9. The third-order valence-corrected chi connectivity index (χ3v) is 4.13. The Hall–Kier alpha value is -2.38. The summed E-state index contributed by atoms with van der Waals surface area (Å²) in [4.78, 5) is 0. The molecule has 0 aliphatic rings. The molecule has 0 heterocycles. The summed E-state index contributed by atoms with van der Waals surface area (Å²) in [6.45, 7) is 3.82. The Labute approximate surface area is 165 Å². The van der Waals surface area contributed by atoms with Crippen molar-refractivity contribution in [3.8, 4) is 22.6 Å². The van der Waals surface area contributed by atoms with Gasteiger partial charge in [0.25, 0.3) is 0 Å². The van der Waals surface area contributed by atoms with Crippen molar-refractivity contribution in [1.82, 2.24) is 0 Å². The molecule has 28 heavy (non-hydrogen) atoms. The summed E-state index contributed by atoms with van der Waals surface area (Å²) >= 11 is 0. The van der Waals surface area contributed by atoms with Crippen molar-refractivity contribution in [1.29, 1.82) is 0 Å². The van der Waals surface area contributed by atoms with Gasteiger partial charge in [0.05, 0.1) is 12.7 Å². The molecule has 2 aromatic carbocycles. The van der Waals surface area contributed by atoms with Gasteiger partial charge in [0.1, 0.15) is 11.5 Å². The van der Waals surface area contributed by atoms with Gasteiger partial charge in [-0.2, -0.15) is 0 Å². The molecule has 152 valence electrons. The average Bonchev–Trinajstić information content (AvgIpc) is 2.72. The van der Waals surface area contributed by atoms with Crippen LogP contribution in [0.5, 0.6) is 11.5 Å². The van der Waals surface area contributed by atoms with Gasteiger partial charge in [0.15, 0.2) is 13.6 Å². The van der Waals surface area contributed by atoms with Crippen molar-refractivity contribution in [2.24, 2.45) is 0 Å². The van der Waals surface area contributed by atoms with E-state index in [-0.39, 0.29) is 20.2 Å². The monoisotopic (exact) mass is 388 g/mol. The topological polar surface area (TPSA) is 77.4 Å². The van der Waals surface area contributed by atoms with Crippen LogP contribution in [0.1, 0.15) is 11.1 Å². The van der Waals surface area contributed by atoms with E-state index in [2.05, 4.69) is 6.58 Å². The van der Waals surface area contributed by atoms with E-state index in [1.807, 2.05) is 42.5 Å². The maximum absolute atomic E-state index is 9.78. The van der Waals surface area contributed by atoms with E-state index in [1.54, 1.807) is 14.2 Å². The fourth-order valence-corrected chi connectivity index (χ4v) is 2.84. The molecule has 0 aromatic heterocycles. The fourth-order valence-electron chi connectivity index (χ4n) is 2.84. The lowest BCUT2D eigenvalue weighted by Crippen LogP contribution is -2.15. The molecule has 2 rings (SSSR count). The van der Waals surface area contributed by atoms with Crippen LogP contribution in [0.15, 0.2) is 49.1 Å². The summed E-state index contributed by atoms with van der Waals surface area (Å²) in [7, 11) is 3.14. The molecule has 0 aliphatic carbocycles. The zero-order valence-corrected chi connectivity index (χ0v) is 16.4. The molecule has 0 spiro atoms. The highest BCUT2D eigenvalue weighted by molar-refractivity contribution is 5.73. The summed E-state index contributed by atoms with van der Waals surface area (Å²) in [6.07, 6.45) is 2.00. The number of aliphatic hydroxyl groups excluding tert-OH is 2. The number of benzene rings is 2. The lowest BCUT2D eigenvalue weighted by atomic mass is 9.97. The Balaban J connectivity index is 2.44. The first-order valence-electron chi connectivity index (χ1n) is 9.02. The molecule has 0 saturated heterocycles. The summed E-state index contributed by atoms with van der Waals surface area (Å²) < 4.78 is 21.4. The zero-order valence-electron chi connectivity index (χ0n) is 16.4. The Morgan fingerprint density at radius 1 is 1.00 bits per heavy atom. The number of aliphatic hydroxyl groups is 2. The van der Waals surface area contributed by atoms with Gasteiger partial charge in [-0.15, -0.1) is 6.58 Å². The van der Waals surface area contributed by atoms with Crippen molar-refractivity contribution in [2.75, 3.05) is 34.4 Å². The van der Waals surface area contributed by atoms with Gasteiger partial charge in [-0.25, -0.2) is 0 Å². The first-order valence-corrected chi connectivity index (χ1v) is 9.02. The van der Waals surface area contributed by atoms with E-state index in [0.717, 1.165) is 28.0 Å². The molecule has 1 atom stereocenters. The zero-order chi connectivity index (χ0) is 20.4. The predicted octanol–water partition coefficient (Wildman–Crippen LogP) is 2.94. The number of allylic oxidation sites excluding steroid dienone is 1. The maximum atomic E-state index is 9.78. The Kier molecular flexibility index (Phi) is 8.97. The molecule has 0 saturated carbocycles. The van der Waals surface area contributed by atoms with Gasteiger partial charge >= 0.3 is 0 Å². The van der Waals surface area contributed by atoms with Crippen LogP contribution in [0.2, 0.25) is 0 Å². The van der Waals surface area contributed by atoms with E-state index in [9.17, 15) is 5.11 Å². The van der Waals surface area contributed by atoms with Crippen LogP contribution in [0.4, 0.5) is 0 Å². The van der Waals surface area contributed by atoms with Gasteiger partial charge in [-0.05, 0) is 47.4 Å². The highest BCUT2D eigenvalue weighted by atomic mass is 16.7. The van der Waals surface area contributed by atoms with E-state index in [1.165, 1.54) is 0 Å². The van der Waals surface area contributed by atoms with Crippen LogP contribution in [-0.2, 0) is 22.3 Å². The van der Waals surface area contributed by atoms with Crippen LogP contribution in [-0.4, -0.2) is 50.7 Å². The molecule has 0 bridgehead atoms. The summed E-state index contributed by atoms with van der Waals surface area (Å²) in [5.74, 6) is 1.40. The maximum Gasteiger partial charge on any atom is 0.188 e. The van der Waals surface area contributed by atoms with Gasteiger partial charge in [0, 0.05) is 26.2 Å². The van der Waals surface area contributed by atoms with Gasteiger partial charge in [-0.1, -0.05) is 18.2 Å². The number of rotatable bonds is 12. The van der Waals surface area contributed by atoms with E-state index in [4.69, 9.17) is 24.1 Å². The predicted molar refractivity (Wildman–Crippen MR) is 108 cm³/mol. The number of methoxy groups -OCH3 is 2. The molecule has 0 radical (unpaired) electrons. The van der Waals surface area contributed by atoms with Crippen LogP contribution in [0.25, 0.3) is 11.1 Å². The van der Waals surface area contributed by atoms with Gasteiger partial charge in [0.2, 0.25) is 0 Å². The minimum Gasteiger partial charge on any atom is -0.467 e. The first-order chi connectivity index (χ1) is 13.6. The molecular weight excluding hydrogens is 360 g/mol. The van der Waals surface area contributed by atoms with Crippen LogP contribution < -0.4 is 9.47 Å². The van der Waals surface area contributed by atoms with Crippen molar-refractivity contribution in [3.63, 3.8) is 0 Å². The highest BCUT2D eigenvalue weighted by Gasteiger charge is 2.13. The second kappa shape index (κ2) is 11.5. The van der Waals surface area contributed by atoms with Gasteiger partial charge in [-0.3, -0.25) is 0 Å². The molecular formula is C22H28O6. The normalized spacial score (nSPS) is 11.9. The quantitative estimate of drug-likeness (QED) is 0.430. The molecule has 2 aromatic rings. The number of hydrogen-bond acceptors (Lipinski definition) is 6.